The molecule has 0 fully saturated rings. The summed E-state index contributed by atoms with van der Waals surface area (Å²) in [6, 6.07) is 5.75. The van der Waals surface area contributed by atoms with Gasteiger partial charge in [-0.2, -0.15) is 0 Å². The maximum Gasteiger partial charge on any atom is 0.256 e. The number of rotatable bonds is 10. The molecule has 4 nitrogen and oxygen atoms in total. The maximum atomic E-state index is 12.7. The Kier molecular flexibility index (Phi) is 8.26. The topological polar surface area (TPSA) is 47.6 Å². The van der Waals surface area contributed by atoms with E-state index in [-0.39, 0.29) is 5.91 Å². The summed E-state index contributed by atoms with van der Waals surface area (Å²) >= 11 is 0. The Morgan fingerprint density at radius 3 is 2.54 bits per heavy atom. The number of aryl methyl sites for hydroxylation is 1. The Hall–Kier alpha value is -1.55. The van der Waals surface area contributed by atoms with Crippen LogP contribution in [-0.4, -0.2) is 24.7 Å². The van der Waals surface area contributed by atoms with Gasteiger partial charge in [0, 0.05) is 12.3 Å². The van der Waals surface area contributed by atoms with Gasteiger partial charge in [-0.25, -0.2) is 0 Å². The van der Waals surface area contributed by atoms with Crippen LogP contribution in [-0.2, 0) is 9.53 Å². The van der Waals surface area contributed by atoms with Gasteiger partial charge < -0.3 is 14.8 Å². The number of carbonyl (C=O) groups is 1. The molecule has 24 heavy (non-hydrogen) atoms. The number of ether oxygens (including phenoxy) is 2. The molecular weight excluding hydrogens is 302 g/mol. The monoisotopic (exact) mass is 335 g/mol. The van der Waals surface area contributed by atoms with Gasteiger partial charge in [-0.15, -0.1) is 0 Å². The number of anilines is 1. The summed E-state index contributed by atoms with van der Waals surface area (Å²) in [4.78, 5) is 12.7. The largest absolute Gasteiger partial charge is 0.493 e. The minimum absolute atomic E-state index is 0.0999. The van der Waals surface area contributed by atoms with E-state index in [0.29, 0.717) is 18.9 Å². The summed E-state index contributed by atoms with van der Waals surface area (Å²) in [5.41, 5.74) is 0.980. The highest BCUT2D eigenvalue weighted by Gasteiger charge is 2.34. The van der Waals surface area contributed by atoms with Crippen LogP contribution in [0.2, 0.25) is 0 Å². The quantitative estimate of drug-likeness (QED) is 0.615. The number of unbranched alkanes of at least 4 members (excludes halogenated alkanes) is 1. The van der Waals surface area contributed by atoms with Crippen LogP contribution in [0.4, 0.5) is 5.69 Å². The molecule has 1 amide bonds. The molecule has 0 radical (unpaired) electrons. The second kappa shape index (κ2) is 9.67. The van der Waals surface area contributed by atoms with Gasteiger partial charge in [0.1, 0.15) is 11.4 Å². The Morgan fingerprint density at radius 1 is 1.29 bits per heavy atom. The number of amides is 1. The minimum atomic E-state index is -0.812. The molecule has 4 heteroatoms. The van der Waals surface area contributed by atoms with Gasteiger partial charge in [0.05, 0.1) is 6.61 Å². The summed E-state index contributed by atoms with van der Waals surface area (Å²) in [6.45, 7) is 13.3. The Labute approximate surface area is 146 Å². The minimum Gasteiger partial charge on any atom is -0.493 e. The van der Waals surface area contributed by atoms with Crippen LogP contribution in [0, 0.1) is 12.8 Å². The van der Waals surface area contributed by atoms with Crippen LogP contribution < -0.4 is 10.1 Å². The summed E-state index contributed by atoms with van der Waals surface area (Å²) in [5, 5.41) is 2.99. The van der Waals surface area contributed by atoms with E-state index in [4.69, 9.17) is 9.47 Å². The fourth-order valence-electron chi connectivity index (χ4n) is 2.79. The van der Waals surface area contributed by atoms with Crippen LogP contribution >= 0.6 is 0 Å². The van der Waals surface area contributed by atoms with Gasteiger partial charge >= 0.3 is 0 Å². The molecule has 0 aromatic heterocycles. The van der Waals surface area contributed by atoms with Crippen molar-refractivity contribution >= 4 is 11.6 Å². The molecule has 136 valence electrons. The van der Waals surface area contributed by atoms with Crippen molar-refractivity contribution in [1.29, 1.82) is 0 Å². The standard InChI is InChI=1S/C20H33NO3/c1-7-9-12-23-18-11-10-17(13-16(18)5)21-19(22)20(6,24-8-2)14-15(3)4/h10-11,13,15H,7-9,12,14H2,1-6H3,(H,21,22)/t20-/m1/s1. The average molecular weight is 335 g/mol. The zero-order chi connectivity index (χ0) is 18.2. The molecule has 1 N–H and O–H groups in total. The Bertz CT molecular complexity index is 528. The predicted molar refractivity (Wildman–Crippen MR) is 99.7 cm³/mol. The first-order valence-electron chi connectivity index (χ1n) is 9.01. The molecule has 0 bridgehead atoms. The summed E-state index contributed by atoms with van der Waals surface area (Å²) in [7, 11) is 0. The fraction of sp³-hybridized carbons (Fsp3) is 0.650. The van der Waals surface area contributed by atoms with Crippen molar-refractivity contribution in [2.24, 2.45) is 5.92 Å². The van der Waals surface area contributed by atoms with E-state index in [2.05, 4.69) is 26.1 Å². The van der Waals surface area contributed by atoms with E-state index >= 15 is 0 Å². The summed E-state index contributed by atoms with van der Waals surface area (Å²) in [6.07, 6.45) is 2.84. The zero-order valence-electron chi connectivity index (χ0n) is 16.1. The van der Waals surface area contributed by atoms with Crippen LogP contribution in [0.3, 0.4) is 0 Å². The van der Waals surface area contributed by atoms with Crippen LogP contribution in [0.15, 0.2) is 18.2 Å². The van der Waals surface area contributed by atoms with Crippen molar-refractivity contribution in [3.63, 3.8) is 0 Å². The first kappa shape index (κ1) is 20.5. The van der Waals surface area contributed by atoms with Gasteiger partial charge in [0.2, 0.25) is 0 Å². The molecule has 0 heterocycles. The predicted octanol–water partition coefficient (Wildman–Crippen LogP) is 4.95. The van der Waals surface area contributed by atoms with Crippen molar-refractivity contribution in [3.8, 4) is 5.75 Å². The highest BCUT2D eigenvalue weighted by atomic mass is 16.5. The molecular formula is C20H33NO3. The smallest absolute Gasteiger partial charge is 0.256 e. The SMILES string of the molecule is CCCCOc1ccc(NC(=O)[C@@](C)(CC(C)C)OCC)cc1C. The van der Waals surface area contributed by atoms with E-state index in [0.717, 1.165) is 36.4 Å². The summed E-state index contributed by atoms with van der Waals surface area (Å²) < 4.78 is 11.5. The van der Waals surface area contributed by atoms with E-state index in [1.165, 1.54) is 0 Å². The molecule has 1 atom stereocenters. The molecule has 1 aromatic rings. The van der Waals surface area contributed by atoms with Crippen LogP contribution in [0.1, 0.15) is 59.4 Å². The number of hydrogen-bond acceptors (Lipinski definition) is 3. The third-order valence-corrected chi connectivity index (χ3v) is 3.93. The first-order chi connectivity index (χ1) is 11.3. The van der Waals surface area contributed by atoms with Gasteiger partial charge in [0.15, 0.2) is 0 Å². The highest BCUT2D eigenvalue weighted by Crippen LogP contribution is 2.26. The molecule has 0 spiro atoms. The first-order valence-corrected chi connectivity index (χ1v) is 9.01. The van der Waals surface area contributed by atoms with E-state index in [1.807, 2.05) is 39.0 Å². The lowest BCUT2D eigenvalue weighted by molar-refractivity contribution is -0.140. The lowest BCUT2D eigenvalue weighted by atomic mass is 9.93. The number of nitrogens with one attached hydrogen (secondary N) is 1. The molecule has 1 rings (SSSR count). The summed E-state index contributed by atoms with van der Waals surface area (Å²) in [5.74, 6) is 1.15. The van der Waals surface area contributed by atoms with E-state index in [9.17, 15) is 4.79 Å². The number of carbonyl (C=O) groups excluding carboxylic acids is 1. The van der Waals surface area contributed by atoms with E-state index < -0.39 is 5.60 Å². The average Bonchev–Trinajstić information content (AvgIpc) is 2.49. The molecule has 0 aliphatic carbocycles. The molecule has 0 saturated carbocycles. The van der Waals surface area contributed by atoms with Crippen molar-refractivity contribution in [2.75, 3.05) is 18.5 Å². The van der Waals surface area contributed by atoms with E-state index in [1.54, 1.807) is 0 Å². The van der Waals surface area contributed by atoms with Gasteiger partial charge in [-0.1, -0.05) is 27.2 Å². The van der Waals surface area contributed by atoms with Crippen molar-refractivity contribution in [2.45, 2.75) is 66.4 Å². The van der Waals surface area contributed by atoms with Crippen molar-refractivity contribution in [3.05, 3.63) is 23.8 Å². The molecule has 0 aliphatic heterocycles. The highest BCUT2D eigenvalue weighted by molar-refractivity contribution is 5.97. The second-order valence-electron chi connectivity index (χ2n) is 6.90. The van der Waals surface area contributed by atoms with Crippen molar-refractivity contribution < 1.29 is 14.3 Å². The molecule has 0 unspecified atom stereocenters. The third kappa shape index (κ3) is 6.16. The lowest BCUT2D eigenvalue weighted by Crippen LogP contribution is -2.44. The Balaban J connectivity index is 2.79. The third-order valence-electron chi connectivity index (χ3n) is 3.93. The van der Waals surface area contributed by atoms with Gasteiger partial charge in [-0.3, -0.25) is 4.79 Å². The van der Waals surface area contributed by atoms with Crippen LogP contribution in [0.5, 0.6) is 5.75 Å². The number of hydrogen-bond donors (Lipinski definition) is 1. The van der Waals surface area contributed by atoms with Gasteiger partial charge in [-0.05, 0) is 63.3 Å². The van der Waals surface area contributed by atoms with Crippen LogP contribution in [0.25, 0.3) is 0 Å². The fourth-order valence-corrected chi connectivity index (χ4v) is 2.79. The van der Waals surface area contributed by atoms with Crippen molar-refractivity contribution in [1.82, 2.24) is 0 Å². The second-order valence-corrected chi connectivity index (χ2v) is 6.90. The normalized spacial score (nSPS) is 13.6. The maximum absolute atomic E-state index is 12.7. The Morgan fingerprint density at radius 2 is 2.00 bits per heavy atom. The molecule has 0 aliphatic rings. The van der Waals surface area contributed by atoms with Gasteiger partial charge in [0.25, 0.3) is 5.91 Å². The number of benzene rings is 1. The zero-order valence-corrected chi connectivity index (χ0v) is 16.1. The lowest BCUT2D eigenvalue weighted by Gasteiger charge is -2.30. The molecule has 0 saturated heterocycles. The molecule has 1 aromatic carbocycles.